The van der Waals surface area contributed by atoms with Crippen LogP contribution in [0, 0.1) is 12.3 Å². The molecular formula is C39H50BrN7O3. The summed E-state index contributed by atoms with van der Waals surface area (Å²) in [6.07, 6.45) is 8.70. The highest BCUT2D eigenvalue weighted by Gasteiger charge is 2.38. The first-order valence-electron chi connectivity index (χ1n) is 18.2. The zero-order chi connectivity index (χ0) is 35.0. The van der Waals surface area contributed by atoms with Crippen molar-refractivity contribution in [1.82, 2.24) is 24.9 Å². The Labute approximate surface area is 303 Å². The maximum atomic E-state index is 12.4. The van der Waals surface area contributed by atoms with E-state index in [2.05, 4.69) is 103 Å². The Kier molecular flexibility index (Phi) is 10.2. The third kappa shape index (κ3) is 7.55. The second-order valence-corrected chi connectivity index (χ2v) is 16.1. The average Bonchev–Trinajstić information content (AvgIpc) is 3.10. The molecule has 0 bridgehead atoms. The lowest BCUT2D eigenvalue weighted by Crippen LogP contribution is -2.46. The van der Waals surface area contributed by atoms with Crippen molar-refractivity contribution in [2.75, 3.05) is 56.5 Å². The summed E-state index contributed by atoms with van der Waals surface area (Å²) >= 11 is 3.46. The van der Waals surface area contributed by atoms with Crippen molar-refractivity contribution in [2.24, 2.45) is 12.5 Å². The quantitative estimate of drug-likeness (QED) is 0.321. The highest BCUT2D eigenvalue weighted by Crippen LogP contribution is 2.43. The minimum Gasteiger partial charge on any atom is -0.379 e. The van der Waals surface area contributed by atoms with Gasteiger partial charge in [-0.1, -0.05) is 30.3 Å². The van der Waals surface area contributed by atoms with E-state index in [-0.39, 0.29) is 29.3 Å². The van der Waals surface area contributed by atoms with Gasteiger partial charge in [0.2, 0.25) is 11.8 Å². The highest BCUT2D eigenvalue weighted by atomic mass is 79.9. The Bertz CT molecular complexity index is 1780. The van der Waals surface area contributed by atoms with Crippen LogP contribution < -0.4 is 21.1 Å². The molecule has 3 aromatic rings. The fraction of sp³-hybridized carbons (Fsp3) is 0.538. The van der Waals surface area contributed by atoms with Crippen LogP contribution in [0.5, 0.6) is 0 Å². The molecule has 4 saturated heterocycles. The second kappa shape index (κ2) is 14.6. The van der Waals surface area contributed by atoms with Gasteiger partial charge < -0.3 is 15.1 Å². The summed E-state index contributed by atoms with van der Waals surface area (Å²) in [6.45, 7) is 9.47. The largest absolute Gasteiger partial charge is 0.379 e. The molecule has 1 aromatic heterocycles. The molecule has 2 aromatic carbocycles. The van der Waals surface area contributed by atoms with Crippen molar-refractivity contribution in [3.8, 4) is 0 Å². The van der Waals surface area contributed by atoms with E-state index in [4.69, 9.17) is 0 Å². The predicted molar refractivity (Wildman–Crippen MR) is 201 cm³/mol. The van der Waals surface area contributed by atoms with Gasteiger partial charge in [-0.2, -0.15) is 5.10 Å². The Hall–Kier alpha value is -3.54. The van der Waals surface area contributed by atoms with Gasteiger partial charge in [-0.15, -0.1) is 0 Å². The number of anilines is 2. The third-order valence-corrected chi connectivity index (χ3v) is 12.7. The van der Waals surface area contributed by atoms with Gasteiger partial charge in [0.1, 0.15) is 4.47 Å². The lowest BCUT2D eigenvalue weighted by molar-refractivity contribution is -0.134. The molecule has 2 N–H and O–H groups in total. The Morgan fingerprint density at radius 3 is 2.38 bits per heavy atom. The molecule has 5 heterocycles. The molecule has 3 atom stereocenters. The second-order valence-electron chi connectivity index (χ2n) is 15.3. The molecule has 4 aliphatic rings. The smallest absolute Gasteiger partial charge is 0.282 e. The topological polar surface area (TPSA) is 103 Å². The first-order valence-corrected chi connectivity index (χ1v) is 19.0. The van der Waals surface area contributed by atoms with Crippen LogP contribution in [0.3, 0.4) is 0 Å². The van der Waals surface area contributed by atoms with Crippen LogP contribution in [0.4, 0.5) is 11.4 Å². The van der Waals surface area contributed by atoms with Crippen LogP contribution in [-0.4, -0.2) is 83.8 Å². The fourth-order valence-electron chi connectivity index (χ4n) is 8.81. The highest BCUT2D eigenvalue weighted by molar-refractivity contribution is 9.10. The number of piperidine rings is 4. The van der Waals surface area contributed by atoms with Crippen molar-refractivity contribution in [1.29, 1.82) is 0 Å². The van der Waals surface area contributed by atoms with E-state index in [0.717, 1.165) is 69.0 Å². The van der Waals surface area contributed by atoms with Crippen molar-refractivity contribution >= 4 is 39.1 Å². The molecule has 10 nitrogen and oxygen atoms in total. The van der Waals surface area contributed by atoms with E-state index >= 15 is 0 Å². The number of nitrogens with one attached hydrogen (secondary N) is 2. The Morgan fingerprint density at radius 1 is 0.960 bits per heavy atom. The number of nitrogens with zero attached hydrogens (tertiary/aromatic N) is 5. The number of imide groups is 1. The van der Waals surface area contributed by atoms with Crippen molar-refractivity contribution < 1.29 is 9.59 Å². The number of halogens is 1. The molecule has 266 valence electrons. The zero-order valence-electron chi connectivity index (χ0n) is 29.6. The first-order chi connectivity index (χ1) is 24.1. The summed E-state index contributed by atoms with van der Waals surface area (Å²) in [5.41, 5.74) is 7.23. The van der Waals surface area contributed by atoms with Gasteiger partial charge in [-0.3, -0.25) is 24.6 Å². The monoisotopic (exact) mass is 743 g/mol. The molecule has 3 unspecified atom stereocenters. The molecule has 0 radical (unpaired) electrons. The van der Waals surface area contributed by atoms with Gasteiger partial charge in [-0.05, 0) is 127 Å². The Morgan fingerprint density at radius 2 is 1.68 bits per heavy atom. The van der Waals surface area contributed by atoms with Crippen LogP contribution in [0.1, 0.15) is 79.0 Å². The van der Waals surface area contributed by atoms with Gasteiger partial charge in [0, 0.05) is 57.9 Å². The number of carbonyl (C=O) groups is 2. The molecule has 11 heteroatoms. The molecule has 7 rings (SSSR count). The van der Waals surface area contributed by atoms with Gasteiger partial charge in [-0.25, -0.2) is 4.68 Å². The molecule has 50 heavy (non-hydrogen) atoms. The molecular weight excluding hydrogens is 694 g/mol. The summed E-state index contributed by atoms with van der Waals surface area (Å²) in [5, 5.41) is 10.3. The van der Waals surface area contributed by atoms with Gasteiger partial charge >= 0.3 is 0 Å². The number of likely N-dealkylation sites (tertiary alicyclic amines) is 2. The maximum absolute atomic E-state index is 12.4. The van der Waals surface area contributed by atoms with Crippen molar-refractivity contribution in [3.63, 3.8) is 0 Å². The van der Waals surface area contributed by atoms with E-state index in [1.54, 1.807) is 13.2 Å². The Balaban J connectivity index is 0.888. The number of likely N-dealkylation sites (N-methyl/N-ethyl adjacent to an activating group) is 1. The predicted octanol–water partition coefficient (Wildman–Crippen LogP) is 5.15. The first kappa shape index (κ1) is 34.9. The van der Waals surface area contributed by atoms with Gasteiger partial charge in [0.05, 0.1) is 17.8 Å². The fourth-order valence-corrected chi connectivity index (χ4v) is 9.29. The summed E-state index contributed by atoms with van der Waals surface area (Å²) in [5.74, 6) is -0.139. The number of aryl methyl sites for hydroxylation is 2. The van der Waals surface area contributed by atoms with E-state index in [1.807, 2.05) is 0 Å². The molecule has 4 fully saturated rings. The number of carbonyl (C=O) groups excluding carboxylic acids is 2. The molecule has 2 amide bonds. The SMILES string of the molecule is Cc1cc(N2CCC3(CCN(Cc4ccc(C5CC(Nc6cnn(C)c(=O)c6Br)CN(C)C5)cc4)CC3)CC2)ccc1C1CCC(=O)NC1=O. The third-order valence-electron chi connectivity index (χ3n) is 11.9. The van der Waals surface area contributed by atoms with E-state index in [0.29, 0.717) is 28.6 Å². The maximum Gasteiger partial charge on any atom is 0.282 e. The standard InChI is InChI=1S/C39H50BrN7O3/c1-26-20-31(8-9-32(26)33-10-11-35(48)43-37(33)49)47-18-14-39(15-19-47)12-16-46(17-13-39)23-27-4-6-28(7-5-27)29-21-30(25-44(2)24-29)42-34-22-41-45(3)38(50)36(34)40/h4-9,20,22,29-30,33,42H,10-19,21,23-25H2,1-3H3,(H,43,48,49). The zero-order valence-corrected chi connectivity index (χ0v) is 31.2. The number of benzene rings is 2. The van der Waals surface area contributed by atoms with E-state index < -0.39 is 0 Å². The van der Waals surface area contributed by atoms with Crippen LogP contribution in [0.2, 0.25) is 0 Å². The number of amides is 2. The number of hydrogen-bond donors (Lipinski definition) is 2. The number of rotatable bonds is 7. The minimum absolute atomic E-state index is 0.136. The summed E-state index contributed by atoms with van der Waals surface area (Å²) < 4.78 is 1.87. The van der Waals surface area contributed by atoms with Crippen molar-refractivity contribution in [3.05, 3.63) is 85.7 Å². The lowest BCUT2D eigenvalue weighted by Gasteiger charge is -2.47. The molecule has 4 aliphatic heterocycles. The van der Waals surface area contributed by atoms with Crippen LogP contribution >= 0.6 is 15.9 Å². The van der Waals surface area contributed by atoms with Gasteiger partial charge in [0.25, 0.3) is 5.56 Å². The summed E-state index contributed by atoms with van der Waals surface area (Å²) in [7, 11) is 3.83. The molecule has 0 saturated carbocycles. The van der Waals surface area contributed by atoms with Crippen LogP contribution in [0.15, 0.2) is 57.9 Å². The summed E-state index contributed by atoms with van der Waals surface area (Å²) in [4.78, 5) is 43.9. The van der Waals surface area contributed by atoms with Gasteiger partial charge in [0.15, 0.2) is 0 Å². The average molecular weight is 745 g/mol. The lowest BCUT2D eigenvalue weighted by atomic mass is 9.71. The van der Waals surface area contributed by atoms with Crippen LogP contribution in [0.25, 0.3) is 0 Å². The number of aromatic nitrogens is 2. The minimum atomic E-state index is -0.232. The summed E-state index contributed by atoms with van der Waals surface area (Å²) in [6, 6.07) is 16.0. The number of hydrogen-bond acceptors (Lipinski definition) is 8. The normalized spacial score (nSPS) is 24.7. The molecule has 1 spiro atoms. The molecule has 0 aliphatic carbocycles. The van der Waals surface area contributed by atoms with Crippen molar-refractivity contribution in [2.45, 2.75) is 76.3 Å². The van der Waals surface area contributed by atoms with Crippen LogP contribution in [-0.2, 0) is 23.2 Å². The van der Waals surface area contributed by atoms with E-state index in [1.165, 1.54) is 47.2 Å². The van der Waals surface area contributed by atoms with E-state index in [9.17, 15) is 14.4 Å².